The van der Waals surface area contributed by atoms with Gasteiger partial charge in [-0.15, -0.1) is 0 Å². The van der Waals surface area contributed by atoms with Crippen molar-refractivity contribution in [3.05, 3.63) is 39.9 Å². The normalized spacial score (nSPS) is 20.5. The number of non-ortho nitro benzene ring substituents is 1. The molecule has 1 aromatic rings. The van der Waals surface area contributed by atoms with Gasteiger partial charge in [-0.05, 0) is 17.7 Å². The van der Waals surface area contributed by atoms with E-state index >= 15 is 0 Å². The third kappa shape index (κ3) is 2.97. The molecule has 1 aliphatic rings. The molecule has 22 heavy (non-hydrogen) atoms. The van der Waals surface area contributed by atoms with Crippen LogP contribution in [0.25, 0.3) is 0 Å². The van der Waals surface area contributed by atoms with Gasteiger partial charge in [0.2, 0.25) is 0 Å². The molecular weight excluding hydrogens is 290 g/mol. The van der Waals surface area contributed by atoms with Crippen molar-refractivity contribution in [2.75, 3.05) is 14.1 Å². The second-order valence-electron chi connectivity index (χ2n) is 4.46. The molecule has 3 amide bonds. The Bertz CT molecular complexity index is 680. The van der Waals surface area contributed by atoms with Crippen LogP contribution < -0.4 is 5.32 Å². The van der Waals surface area contributed by atoms with E-state index in [0.717, 1.165) is 0 Å². The third-order valence-electron chi connectivity index (χ3n) is 3.08. The number of nitro groups is 1. The number of carbonyl (C=O) groups excluding carboxylic acids is 2. The lowest BCUT2D eigenvalue weighted by atomic mass is 10.2. The van der Waals surface area contributed by atoms with Gasteiger partial charge in [-0.25, -0.2) is 4.79 Å². The van der Waals surface area contributed by atoms with E-state index in [4.69, 9.17) is 0 Å². The number of hydrogen-bond donors (Lipinski definition) is 1. The Kier molecular flexibility index (Phi) is 4.25. The summed E-state index contributed by atoms with van der Waals surface area (Å²) in [5.41, 5.74) is 0.558. The predicted molar refractivity (Wildman–Crippen MR) is 79.1 cm³/mol. The maximum Gasteiger partial charge on any atom is 0.329 e. The Labute approximate surface area is 125 Å². The molecule has 9 nitrogen and oxygen atoms in total. The van der Waals surface area contributed by atoms with Crippen molar-refractivity contribution in [1.29, 1.82) is 0 Å². The zero-order valence-electron chi connectivity index (χ0n) is 11.9. The molecule has 1 N–H and O–H groups in total. The molecule has 1 fully saturated rings. The number of amidine groups is 1. The van der Waals surface area contributed by atoms with Crippen LogP contribution in [0.15, 0.2) is 34.3 Å². The first-order chi connectivity index (χ1) is 10.4. The standard InChI is InChI=1S/C13H13N5O4/c1-14-11-10(12(19)16-13(20)17(11)2)15-7-8-3-5-9(6-4-8)18(21)22/h3-7,10H,1-2H3,(H,16,19,20). The summed E-state index contributed by atoms with van der Waals surface area (Å²) < 4.78 is 0. The van der Waals surface area contributed by atoms with Gasteiger partial charge in [-0.3, -0.25) is 35.1 Å². The summed E-state index contributed by atoms with van der Waals surface area (Å²) in [7, 11) is 2.95. The van der Waals surface area contributed by atoms with Crippen molar-refractivity contribution in [3.8, 4) is 0 Å². The number of aliphatic imine (C=N–C) groups is 2. The van der Waals surface area contributed by atoms with Gasteiger partial charge in [-0.1, -0.05) is 0 Å². The average molecular weight is 303 g/mol. The molecule has 0 aliphatic carbocycles. The molecule has 0 spiro atoms. The largest absolute Gasteiger partial charge is 0.329 e. The first-order valence-electron chi connectivity index (χ1n) is 6.27. The third-order valence-corrected chi connectivity index (χ3v) is 3.08. The molecule has 9 heteroatoms. The number of nitro benzene ring substituents is 1. The number of urea groups is 1. The molecule has 0 aromatic heterocycles. The number of amides is 3. The Balaban J connectivity index is 2.22. The van der Waals surface area contributed by atoms with Gasteiger partial charge in [0.15, 0.2) is 6.04 Å². The van der Waals surface area contributed by atoms with Crippen LogP contribution in [0.5, 0.6) is 0 Å². The summed E-state index contributed by atoms with van der Waals surface area (Å²) in [5, 5.41) is 12.7. The number of hydrogen-bond acceptors (Lipinski definition) is 6. The van der Waals surface area contributed by atoms with Crippen molar-refractivity contribution in [2.24, 2.45) is 9.98 Å². The molecule has 1 aromatic carbocycles. The summed E-state index contributed by atoms with van der Waals surface area (Å²) in [6.45, 7) is 0. The fourth-order valence-corrected chi connectivity index (χ4v) is 1.91. The van der Waals surface area contributed by atoms with Crippen molar-refractivity contribution >= 4 is 29.7 Å². The highest BCUT2D eigenvalue weighted by Crippen LogP contribution is 2.12. The highest BCUT2D eigenvalue weighted by Gasteiger charge is 2.35. The minimum Gasteiger partial charge on any atom is -0.283 e. The molecule has 2 rings (SSSR count). The first kappa shape index (κ1) is 15.3. The van der Waals surface area contributed by atoms with E-state index in [1.165, 1.54) is 49.5 Å². The number of rotatable bonds is 3. The van der Waals surface area contributed by atoms with E-state index < -0.39 is 22.9 Å². The van der Waals surface area contributed by atoms with Crippen LogP contribution >= 0.6 is 0 Å². The Hall–Kier alpha value is -3.10. The maximum absolute atomic E-state index is 11.8. The van der Waals surface area contributed by atoms with E-state index in [1.807, 2.05) is 0 Å². The van der Waals surface area contributed by atoms with E-state index in [2.05, 4.69) is 15.3 Å². The zero-order valence-corrected chi connectivity index (χ0v) is 11.9. The second-order valence-corrected chi connectivity index (χ2v) is 4.46. The maximum atomic E-state index is 11.8. The number of nitrogens with one attached hydrogen (secondary N) is 1. The lowest BCUT2D eigenvalue weighted by Crippen LogP contribution is -2.58. The van der Waals surface area contributed by atoms with Gasteiger partial charge in [0, 0.05) is 32.4 Å². The molecule has 0 bridgehead atoms. The molecule has 114 valence electrons. The number of nitrogens with zero attached hydrogens (tertiary/aromatic N) is 4. The van der Waals surface area contributed by atoms with Crippen molar-refractivity contribution in [1.82, 2.24) is 10.2 Å². The quantitative estimate of drug-likeness (QED) is 0.499. The predicted octanol–water partition coefficient (Wildman–Crippen LogP) is 0.592. The average Bonchev–Trinajstić information content (AvgIpc) is 2.49. The lowest BCUT2D eigenvalue weighted by molar-refractivity contribution is -0.384. The Morgan fingerprint density at radius 2 is 1.95 bits per heavy atom. The van der Waals surface area contributed by atoms with Crippen LogP contribution in [0.2, 0.25) is 0 Å². The molecule has 1 unspecified atom stereocenters. The van der Waals surface area contributed by atoms with E-state index in [-0.39, 0.29) is 11.5 Å². The number of imide groups is 1. The number of carbonyl (C=O) groups is 2. The topological polar surface area (TPSA) is 117 Å². The molecule has 0 radical (unpaired) electrons. The second kappa shape index (κ2) is 6.12. The summed E-state index contributed by atoms with van der Waals surface area (Å²) in [6, 6.07) is 4.20. The highest BCUT2D eigenvalue weighted by molar-refractivity contribution is 6.21. The van der Waals surface area contributed by atoms with Crippen LogP contribution in [0.1, 0.15) is 5.56 Å². The van der Waals surface area contributed by atoms with Crippen molar-refractivity contribution in [3.63, 3.8) is 0 Å². The summed E-state index contributed by atoms with van der Waals surface area (Å²) in [4.78, 5) is 42.6. The van der Waals surface area contributed by atoms with Crippen LogP contribution in [0.4, 0.5) is 10.5 Å². The molecular formula is C13H13N5O4. The van der Waals surface area contributed by atoms with E-state index in [0.29, 0.717) is 5.56 Å². The zero-order chi connectivity index (χ0) is 16.3. The lowest BCUT2D eigenvalue weighted by Gasteiger charge is -2.28. The summed E-state index contributed by atoms with van der Waals surface area (Å²) in [5.74, 6) is -0.339. The van der Waals surface area contributed by atoms with Gasteiger partial charge < -0.3 is 0 Å². The van der Waals surface area contributed by atoms with E-state index in [1.54, 1.807) is 0 Å². The van der Waals surface area contributed by atoms with Crippen LogP contribution in [-0.2, 0) is 4.79 Å². The minimum atomic E-state index is -0.942. The fourth-order valence-electron chi connectivity index (χ4n) is 1.91. The van der Waals surface area contributed by atoms with Gasteiger partial charge in [0.05, 0.1) is 4.92 Å². The van der Waals surface area contributed by atoms with E-state index in [9.17, 15) is 19.7 Å². The van der Waals surface area contributed by atoms with Crippen LogP contribution in [0.3, 0.4) is 0 Å². The van der Waals surface area contributed by atoms with Crippen molar-refractivity contribution < 1.29 is 14.5 Å². The molecule has 0 saturated carbocycles. The van der Waals surface area contributed by atoms with Gasteiger partial charge in [-0.2, -0.15) is 0 Å². The molecule has 1 atom stereocenters. The molecule has 1 heterocycles. The minimum absolute atomic E-state index is 0.0336. The molecule has 1 aliphatic heterocycles. The van der Waals surface area contributed by atoms with Crippen LogP contribution in [-0.4, -0.2) is 53.9 Å². The monoisotopic (exact) mass is 303 g/mol. The van der Waals surface area contributed by atoms with Gasteiger partial charge >= 0.3 is 6.03 Å². The summed E-state index contributed by atoms with van der Waals surface area (Å²) in [6.07, 6.45) is 1.41. The number of likely N-dealkylation sites (N-methyl/N-ethyl adjacent to an activating group) is 1. The highest BCUT2D eigenvalue weighted by atomic mass is 16.6. The number of benzene rings is 1. The Morgan fingerprint density at radius 1 is 1.32 bits per heavy atom. The smallest absolute Gasteiger partial charge is 0.283 e. The fraction of sp³-hybridized carbons (Fsp3) is 0.231. The van der Waals surface area contributed by atoms with Gasteiger partial charge in [0.1, 0.15) is 5.84 Å². The van der Waals surface area contributed by atoms with Crippen LogP contribution in [0, 0.1) is 10.1 Å². The van der Waals surface area contributed by atoms with Gasteiger partial charge in [0.25, 0.3) is 11.6 Å². The Morgan fingerprint density at radius 3 is 2.50 bits per heavy atom. The SMILES string of the molecule is CN=C1C(N=Cc2ccc([N+](=O)[O-])cc2)C(=O)NC(=O)N1C. The van der Waals surface area contributed by atoms with Crippen molar-refractivity contribution in [2.45, 2.75) is 6.04 Å². The first-order valence-corrected chi connectivity index (χ1v) is 6.27. The summed E-state index contributed by atoms with van der Waals surface area (Å²) >= 11 is 0. The molecule has 1 saturated heterocycles.